The Morgan fingerprint density at radius 2 is 1.80 bits per heavy atom. The predicted molar refractivity (Wildman–Crippen MR) is 157 cm³/mol. The van der Waals surface area contributed by atoms with E-state index in [4.69, 9.17) is 4.74 Å². The summed E-state index contributed by atoms with van der Waals surface area (Å²) in [6.07, 6.45) is 0.455. The smallest absolute Gasteiger partial charge is 0.407 e. The fraction of sp³-hybridized carbons (Fsp3) is 0.545. The number of carbonyl (C=O) groups excluding carboxylic acids is 3. The second-order valence-corrected chi connectivity index (χ2v) is 13.0. The molecule has 41 heavy (non-hydrogen) atoms. The molecule has 0 radical (unpaired) electrons. The number of aliphatic hydroxyl groups is 2. The first-order valence-electron chi connectivity index (χ1n) is 14.6. The van der Waals surface area contributed by atoms with E-state index in [9.17, 15) is 24.6 Å². The van der Waals surface area contributed by atoms with Crippen molar-refractivity contribution < 1.29 is 29.3 Å². The van der Waals surface area contributed by atoms with Gasteiger partial charge in [-0.25, -0.2) is 4.79 Å². The van der Waals surface area contributed by atoms with Gasteiger partial charge in [0.05, 0.1) is 5.60 Å². The number of piperidine rings is 1. The number of Topliss-reactive ketones (excluding diaryl/α,β-unsaturated/α-hetero) is 1. The van der Waals surface area contributed by atoms with Crippen molar-refractivity contribution in [1.82, 2.24) is 10.2 Å². The first kappa shape index (κ1) is 30.7. The van der Waals surface area contributed by atoms with Gasteiger partial charge >= 0.3 is 6.09 Å². The van der Waals surface area contributed by atoms with E-state index in [0.717, 1.165) is 24.0 Å². The van der Waals surface area contributed by atoms with Gasteiger partial charge in [0.25, 0.3) is 5.91 Å². The van der Waals surface area contributed by atoms with Gasteiger partial charge in [-0.2, -0.15) is 0 Å². The Balaban J connectivity index is 1.34. The van der Waals surface area contributed by atoms with E-state index >= 15 is 0 Å². The Morgan fingerprint density at radius 3 is 2.46 bits per heavy atom. The van der Waals surface area contributed by atoms with Crippen molar-refractivity contribution in [3.05, 3.63) is 70.8 Å². The third-order valence-corrected chi connectivity index (χ3v) is 8.44. The number of alkyl carbamates (subject to hydrolysis) is 1. The van der Waals surface area contributed by atoms with Gasteiger partial charge in [0.1, 0.15) is 11.7 Å². The number of ether oxygens (including phenoxy) is 1. The molecule has 2 aromatic rings. The Labute approximate surface area is 243 Å². The predicted octanol–water partition coefficient (Wildman–Crippen LogP) is 4.93. The van der Waals surface area contributed by atoms with Crippen LogP contribution in [0.15, 0.2) is 48.5 Å². The minimum atomic E-state index is -1.44. The molecule has 0 spiro atoms. The highest BCUT2D eigenvalue weighted by atomic mass is 16.6. The summed E-state index contributed by atoms with van der Waals surface area (Å²) >= 11 is 0. The first-order chi connectivity index (χ1) is 19.2. The second-order valence-electron chi connectivity index (χ2n) is 13.0. The van der Waals surface area contributed by atoms with Gasteiger partial charge in [0, 0.05) is 31.6 Å². The lowest BCUT2D eigenvalue weighted by Gasteiger charge is -2.39. The fourth-order valence-corrected chi connectivity index (χ4v) is 6.06. The summed E-state index contributed by atoms with van der Waals surface area (Å²) in [5, 5.41) is 23.4. The molecule has 4 rings (SSSR count). The highest BCUT2D eigenvalue weighted by molar-refractivity contribution is 5.94. The van der Waals surface area contributed by atoms with Crippen LogP contribution in [0.5, 0.6) is 0 Å². The summed E-state index contributed by atoms with van der Waals surface area (Å²) in [4.78, 5) is 39.7. The van der Waals surface area contributed by atoms with Crippen molar-refractivity contribution in [3.63, 3.8) is 0 Å². The standard InChI is InChI=1S/C33H44N2O6/c1-21(27-18-28(36)29(37)33(5,40)19-27)24-9-7-11-26(17-24)30(38)35-14-12-23(13-15-35)25-10-6-8-22(16-25)20-34-31(39)41-32(2,3)4/h6-11,16-17,21,23,27,29,37,40H,12-15,18-20H2,1-5H3,(H,34,39). The molecule has 2 aliphatic rings. The van der Waals surface area contributed by atoms with Gasteiger partial charge in [-0.05, 0) is 93.5 Å². The van der Waals surface area contributed by atoms with Gasteiger partial charge in [-0.15, -0.1) is 0 Å². The third kappa shape index (κ3) is 7.74. The molecule has 4 atom stereocenters. The minimum absolute atomic E-state index is 0.00468. The SMILES string of the molecule is CC(c1cccc(C(=O)N2CCC(c3cccc(CNC(=O)OC(C)(C)C)c3)CC2)c1)C1CC(=O)C(O)C(C)(O)C1. The molecule has 2 amide bonds. The molecule has 222 valence electrons. The third-order valence-electron chi connectivity index (χ3n) is 8.44. The van der Waals surface area contributed by atoms with Crippen LogP contribution in [-0.2, 0) is 16.1 Å². The Kier molecular flexibility index (Phi) is 9.24. The summed E-state index contributed by atoms with van der Waals surface area (Å²) in [6, 6.07) is 15.8. The summed E-state index contributed by atoms with van der Waals surface area (Å²) in [5.41, 5.74) is 1.80. The topological polar surface area (TPSA) is 116 Å². The van der Waals surface area contributed by atoms with Crippen LogP contribution in [0.1, 0.15) is 99.2 Å². The highest BCUT2D eigenvalue weighted by Crippen LogP contribution is 2.39. The zero-order chi connectivity index (χ0) is 29.9. The van der Waals surface area contributed by atoms with Crippen molar-refractivity contribution in [2.24, 2.45) is 5.92 Å². The van der Waals surface area contributed by atoms with E-state index in [2.05, 4.69) is 17.4 Å². The fourth-order valence-electron chi connectivity index (χ4n) is 6.06. The lowest BCUT2D eigenvalue weighted by molar-refractivity contribution is -0.153. The number of likely N-dealkylation sites (tertiary alicyclic amines) is 1. The molecule has 8 nitrogen and oxygen atoms in total. The van der Waals surface area contributed by atoms with Crippen LogP contribution in [0.2, 0.25) is 0 Å². The summed E-state index contributed by atoms with van der Waals surface area (Å²) in [6.45, 7) is 10.7. The van der Waals surface area contributed by atoms with Crippen molar-refractivity contribution in [1.29, 1.82) is 0 Å². The Hall–Kier alpha value is -3.23. The average Bonchev–Trinajstić information content (AvgIpc) is 2.93. The van der Waals surface area contributed by atoms with E-state index in [1.165, 1.54) is 12.5 Å². The van der Waals surface area contributed by atoms with Crippen LogP contribution in [0, 0.1) is 5.92 Å². The molecule has 2 fully saturated rings. The van der Waals surface area contributed by atoms with Crippen molar-refractivity contribution in [2.45, 2.75) is 96.0 Å². The van der Waals surface area contributed by atoms with Crippen LogP contribution in [0.25, 0.3) is 0 Å². The van der Waals surface area contributed by atoms with Gasteiger partial charge in [0.15, 0.2) is 5.78 Å². The van der Waals surface area contributed by atoms with Crippen molar-refractivity contribution >= 4 is 17.8 Å². The van der Waals surface area contributed by atoms with Gasteiger partial charge < -0.3 is 25.2 Å². The molecular weight excluding hydrogens is 520 g/mol. The van der Waals surface area contributed by atoms with Gasteiger partial charge in [-0.1, -0.05) is 43.3 Å². The van der Waals surface area contributed by atoms with E-state index in [-0.39, 0.29) is 29.9 Å². The molecule has 4 unspecified atom stereocenters. The van der Waals surface area contributed by atoms with Gasteiger partial charge in [0.2, 0.25) is 0 Å². The zero-order valence-electron chi connectivity index (χ0n) is 24.9. The number of rotatable bonds is 6. The van der Waals surface area contributed by atoms with Crippen LogP contribution in [-0.4, -0.2) is 63.3 Å². The average molecular weight is 565 g/mol. The lowest BCUT2D eigenvalue weighted by Crippen LogP contribution is -2.51. The van der Waals surface area contributed by atoms with Gasteiger partial charge in [-0.3, -0.25) is 9.59 Å². The molecule has 0 bridgehead atoms. The Bertz CT molecular complexity index is 1260. The number of benzene rings is 2. The number of amides is 2. The van der Waals surface area contributed by atoms with E-state index in [0.29, 0.717) is 37.5 Å². The van der Waals surface area contributed by atoms with E-state index < -0.39 is 23.4 Å². The molecule has 1 saturated carbocycles. The summed E-state index contributed by atoms with van der Waals surface area (Å²) in [7, 11) is 0. The largest absolute Gasteiger partial charge is 0.444 e. The normalized spacial score (nSPS) is 24.6. The van der Waals surface area contributed by atoms with E-state index in [1.807, 2.05) is 69.0 Å². The summed E-state index contributed by atoms with van der Waals surface area (Å²) < 4.78 is 5.32. The zero-order valence-corrected chi connectivity index (χ0v) is 24.9. The number of hydrogen-bond donors (Lipinski definition) is 3. The molecule has 1 heterocycles. The molecule has 2 aromatic carbocycles. The minimum Gasteiger partial charge on any atom is -0.444 e. The van der Waals surface area contributed by atoms with Crippen LogP contribution < -0.4 is 5.32 Å². The van der Waals surface area contributed by atoms with Crippen molar-refractivity contribution in [3.8, 4) is 0 Å². The molecule has 1 aliphatic heterocycles. The maximum absolute atomic E-state index is 13.4. The van der Waals surface area contributed by atoms with Crippen LogP contribution in [0.3, 0.4) is 0 Å². The van der Waals surface area contributed by atoms with Crippen LogP contribution in [0.4, 0.5) is 4.79 Å². The number of nitrogens with zero attached hydrogens (tertiary/aromatic N) is 1. The maximum Gasteiger partial charge on any atom is 0.407 e. The summed E-state index contributed by atoms with van der Waals surface area (Å²) in [5.74, 6) is -0.169. The number of aliphatic hydroxyl groups excluding tert-OH is 1. The molecule has 0 aromatic heterocycles. The monoisotopic (exact) mass is 564 g/mol. The molecule has 3 N–H and O–H groups in total. The first-order valence-corrected chi connectivity index (χ1v) is 14.6. The van der Waals surface area contributed by atoms with E-state index in [1.54, 1.807) is 0 Å². The van der Waals surface area contributed by atoms with Crippen LogP contribution >= 0.6 is 0 Å². The quantitative estimate of drug-likeness (QED) is 0.458. The second kappa shape index (κ2) is 12.3. The number of hydrogen-bond acceptors (Lipinski definition) is 6. The number of nitrogens with one attached hydrogen (secondary N) is 1. The molecule has 1 saturated heterocycles. The molecule has 1 aliphatic carbocycles. The number of ketones is 1. The lowest BCUT2D eigenvalue weighted by atomic mass is 9.70. The number of carbonyl (C=O) groups is 3. The maximum atomic E-state index is 13.4. The van der Waals surface area contributed by atoms with Crippen molar-refractivity contribution in [2.75, 3.05) is 13.1 Å². The highest BCUT2D eigenvalue weighted by Gasteiger charge is 2.44. The molecule has 8 heteroatoms. The molecular formula is C33H44N2O6. The Morgan fingerprint density at radius 1 is 1.12 bits per heavy atom.